The lowest BCUT2D eigenvalue weighted by Crippen LogP contribution is -2.67. The first-order valence-electron chi connectivity index (χ1n) is 13.4. The van der Waals surface area contributed by atoms with E-state index in [4.69, 9.17) is 77.4 Å². The number of aryl methyl sites for hydroxylation is 2. The zero-order valence-corrected chi connectivity index (χ0v) is 25.6. The fourth-order valence-corrected chi connectivity index (χ4v) is 6.99. The second-order valence-electron chi connectivity index (χ2n) is 10.4. The molecule has 20 heteroatoms. The van der Waals surface area contributed by atoms with Gasteiger partial charge in [-0.05, 0) is 85.3 Å². The summed E-state index contributed by atoms with van der Waals surface area (Å²) in [5.41, 5.74) is 1.54. The molecule has 0 bridgehead atoms. The van der Waals surface area contributed by atoms with Crippen LogP contribution in [0.5, 0.6) is 0 Å². The van der Waals surface area contributed by atoms with E-state index in [1.807, 2.05) is 0 Å². The van der Waals surface area contributed by atoms with Gasteiger partial charge in [-0.1, -0.05) is 35.3 Å². The summed E-state index contributed by atoms with van der Waals surface area (Å²) in [4.78, 5) is 0.0664. The Balaban J connectivity index is 0.000000359. The van der Waals surface area contributed by atoms with Crippen LogP contribution in [-0.2, 0) is 22.9 Å². The number of sulfonamides is 1. The van der Waals surface area contributed by atoms with Crippen molar-refractivity contribution in [3.8, 4) is 0 Å². The largest absolute Gasteiger partial charge is 0.264 e. The van der Waals surface area contributed by atoms with Crippen molar-refractivity contribution in [2.75, 3.05) is 4.31 Å². The highest BCUT2D eigenvalue weighted by molar-refractivity contribution is 8.05. The van der Waals surface area contributed by atoms with Crippen molar-refractivity contribution in [2.45, 2.75) is 36.6 Å². The van der Waals surface area contributed by atoms with Crippen molar-refractivity contribution in [3.05, 3.63) is 93.5 Å². The lowest BCUT2D eigenvalue weighted by atomic mass is 8.53. The molecule has 1 heterocycles. The van der Waals surface area contributed by atoms with Gasteiger partial charge < -0.3 is 0 Å². The molecule has 0 aromatic heterocycles. The summed E-state index contributed by atoms with van der Waals surface area (Å²) in [6, 6.07) is 14.1. The third-order valence-corrected chi connectivity index (χ3v) is 9.64. The SMILES string of the molecule is O=S(=O)(c1ccc(Cl)cc1)N1c2cc(F)ccc2CCC1CCc1ccc(Cl)cc1F.[B]B([B])B([B])B(B([B])[B])B([B])[B]. The minimum Gasteiger partial charge on any atom is -0.263 e. The predicted molar refractivity (Wildman–Crippen MR) is 188 cm³/mol. The van der Waals surface area contributed by atoms with E-state index in [-0.39, 0.29) is 4.90 Å². The van der Waals surface area contributed by atoms with Gasteiger partial charge in [-0.15, -0.1) is 0 Å². The molecule has 0 spiro atoms. The van der Waals surface area contributed by atoms with Crippen LogP contribution in [0.4, 0.5) is 14.5 Å². The summed E-state index contributed by atoms with van der Waals surface area (Å²) in [5, 5.41) is 0.717. The second kappa shape index (κ2) is 15.8. The van der Waals surface area contributed by atoms with Crippen LogP contribution < -0.4 is 4.31 Å². The maximum absolute atomic E-state index is 14.3. The van der Waals surface area contributed by atoms with E-state index < -0.39 is 59.6 Å². The van der Waals surface area contributed by atoms with E-state index in [9.17, 15) is 17.2 Å². The maximum atomic E-state index is 14.3. The van der Waals surface area contributed by atoms with Crippen LogP contribution in [0.1, 0.15) is 24.0 Å². The van der Waals surface area contributed by atoms with Gasteiger partial charge in [0.1, 0.15) is 11.6 Å². The molecule has 3 nitrogen and oxygen atoms in total. The topological polar surface area (TPSA) is 37.4 Å². The van der Waals surface area contributed by atoms with Crippen molar-refractivity contribution in [3.63, 3.8) is 0 Å². The van der Waals surface area contributed by atoms with Crippen LogP contribution in [0.25, 0.3) is 0 Å². The van der Waals surface area contributed by atoms with Crippen molar-refractivity contribution in [2.24, 2.45) is 0 Å². The summed E-state index contributed by atoms with van der Waals surface area (Å²) in [6.07, 6.45) is -1.37. The lowest BCUT2D eigenvalue weighted by molar-refractivity contribution is 0.515. The number of hydrogen-bond acceptors (Lipinski definition) is 2. The molecular formula is C23H19B12Cl2F2NO2S. The number of rotatable bonds is 9. The van der Waals surface area contributed by atoms with Crippen molar-refractivity contribution in [1.82, 2.24) is 0 Å². The number of fused-ring (bicyclic) bond motifs is 1. The summed E-state index contributed by atoms with van der Waals surface area (Å²) in [6.45, 7) is 0. The van der Waals surface area contributed by atoms with Gasteiger partial charge in [0.15, 0.2) is 0 Å². The third-order valence-electron chi connectivity index (χ3n) is 7.27. The van der Waals surface area contributed by atoms with Crippen LogP contribution >= 0.6 is 23.2 Å². The number of hydrogen-bond donors (Lipinski definition) is 0. The molecule has 43 heavy (non-hydrogen) atoms. The van der Waals surface area contributed by atoms with Crippen LogP contribution in [0.2, 0.25) is 10.0 Å². The lowest BCUT2D eigenvalue weighted by Gasteiger charge is -2.38. The van der Waals surface area contributed by atoms with Crippen LogP contribution in [-0.4, -0.2) is 101 Å². The summed E-state index contributed by atoms with van der Waals surface area (Å²) < 4.78 is 56.8. The van der Waals surface area contributed by atoms with Gasteiger partial charge in [0.05, 0.1) is 10.6 Å². The average molecular weight is 612 g/mol. The number of benzene rings is 3. The highest BCUT2D eigenvalue weighted by Crippen LogP contribution is 2.38. The van der Waals surface area contributed by atoms with Crippen molar-refractivity contribution < 1.29 is 17.2 Å². The van der Waals surface area contributed by atoms with Gasteiger partial charge in [0.2, 0.25) is 0 Å². The van der Waals surface area contributed by atoms with E-state index in [2.05, 4.69) is 0 Å². The monoisotopic (exact) mass is 613 g/mol. The molecule has 198 valence electrons. The number of halogens is 4. The second-order valence-corrected chi connectivity index (χ2v) is 13.1. The Morgan fingerprint density at radius 2 is 1.42 bits per heavy atom. The average Bonchev–Trinajstić information content (AvgIpc) is 2.92. The van der Waals surface area contributed by atoms with Crippen molar-refractivity contribution >= 4 is 125 Å². The smallest absolute Gasteiger partial charge is 0.263 e. The first kappa shape index (κ1) is 36.1. The zero-order valence-electron chi connectivity index (χ0n) is 23.3. The molecule has 0 N–H and O–H groups in total. The summed E-state index contributed by atoms with van der Waals surface area (Å²) >= 11 is 11.7. The number of nitrogens with zero attached hydrogens (tertiary/aromatic N) is 1. The molecule has 14 radical (unpaired) electrons. The normalized spacial score (nSPS) is 14.1. The zero-order chi connectivity index (χ0) is 32.1. The molecule has 1 unspecified atom stereocenters. The predicted octanol–water partition coefficient (Wildman–Crippen LogP) is 1.84. The Morgan fingerprint density at radius 3 is 1.95 bits per heavy atom. The molecule has 0 fully saturated rings. The molecule has 1 aliphatic heterocycles. The van der Waals surface area contributed by atoms with Gasteiger partial charge in [-0.3, -0.25) is 4.31 Å². The Morgan fingerprint density at radius 1 is 0.814 bits per heavy atom. The molecule has 0 amide bonds. The highest BCUT2D eigenvalue weighted by atomic mass is 35.5. The van der Waals surface area contributed by atoms with E-state index in [1.165, 1.54) is 46.8 Å². The molecule has 3 aromatic carbocycles. The minimum atomic E-state index is -3.99. The maximum Gasteiger partial charge on any atom is 0.264 e. The first-order valence-corrected chi connectivity index (χ1v) is 15.6. The minimum absolute atomic E-state index is 0.0664. The van der Waals surface area contributed by atoms with E-state index in [1.54, 1.807) is 18.2 Å². The van der Waals surface area contributed by atoms with Gasteiger partial charge >= 0.3 is 0 Å². The Kier molecular flexibility index (Phi) is 13.2. The van der Waals surface area contributed by atoms with E-state index in [0.717, 1.165) is 5.56 Å². The number of anilines is 1. The Labute approximate surface area is 275 Å². The highest BCUT2D eigenvalue weighted by Gasteiger charge is 2.36. The molecule has 0 aliphatic carbocycles. The fraction of sp³-hybridized carbons (Fsp3) is 0.217. The molecular weight excluding hydrogens is 593 g/mol. The quantitative estimate of drug-likeness (QED) is 0.347. The summed E-state index contributed by atoms with van der Waals surface area (Å²) in [7, 11) is 33.9. The molecule has 0 saturated heterocycles. The van der Waals surface area contributed by atoms with Crippen LogP contribution in [0.15, 0.2) is 65.6 Å². The third kappa shape index (κ3) is 9.33. The van der Waals surface area contributed by atoms with Crippen molar-refractivity contribution in [1.29, 1.82) is 0 Å². The molecule has 4 rings (SSSR count). The summed E-state index contributed by atoms with van der Waals surface area (Å²) in [5.74, 6) is -0.943. The molecule has 1 atom stereocenters. The molecule has 3 aromatic rings. The standard InChI is InChI=1S/C23H19Cl2F2NO2S.B12/c24-17-6-11-21(12-7-17)31(29,30)28-20(9-3-15-1-5-18(25)13-22(15)27)10-4-16-2-8-19(26)14-23(16)28;1-8(2)11(7)12(9(3)4)10(5)6/h1-2,5-8,11-14,20H,3-4,9-10H2;. The van der Waals surface area contributed by atoms with Gasteiger partial charge in [-0.2, -0.15) is 0 Å². The van der Waals surface area contributed by atoms with Gasteiger partial charge in [0, 0.05) is 102 Å². The van der Waals surface area contributed by atoms with E-state index in [0.29, 0.717) is 47.0 Å². The Bertz CT molecular complexity index is 1480. The van der Waals surface area contributed by atoms with Gasteiger partial charge in [-0.25, -0.2) is 17.2 Å². The molecule has 1 aliphatic rings. The fourth-order valence-electron chi connectivity index (χ4n) is 4.97. The van der Waals surface area contributed by atoms with Crippen LogP contribution in [0.3, 0.4) is 0 Å². The van der Waals surface area contributed by atoms with Gasteiger partial charge in [0.25, 0.3) is 10.0 Å². The molecule has 0 saturated carbocycles. The first-order chi connectivity index (χ1) is 20.1. The Hall–Kier alpha value is -1.37. The van der Waals surface area contributed by atoms with Crippen LogP contribution in [0, 0.1) is 11.6 Å². The van der Waals surface area contributed by atoms with E-state index >= 15 is 0 Å².